The highest BCUT2D eigenvalue weighted by Crippen LogP contribution is 2.22. The second kappa shape index (κ2) is 12.3. The number of sulfonamides is 1. The number of hydrazine groups is 1. The Hall–Kier alpha value is -2.43. The van der Waals surface area contributed by atoms with Gasteiger partial charge in [-0.3, -0.25) is 14.6 Å². The SMILES string of the molecule is CC1=C(CC(=O)NCc2cc(Cl)ccc2CN)C(=O)N(NS(=O)(=O)Cc2ccccc2)CC1.Cl. The number of halogens is 2. The van der Waals surface area contributed by atoms with Crippen LogP contribution in [0.2, 0.25) is 5.02 Å². The highest BCUT2D eigenvalue weighted by molar-refractivity contribution is 7.88. The summed E-state index contributed by atoms with van der Waals surface area (Å²) in [6.45, 7) is 2.51. The van der Waals surface area contributed by atoms with Crippen LogP contribution >= 0.6 is 24.0 Å². The second-order valence-corrected chi connectivity index (χ2v) is 10.0. The minimum atomic E-state index is -3.79. The fourth-order valence-corrected chi connectivity index (χ4v) is 4.96. The zero-order valence-electron chi connectivity index (χ0n) is 18.7. The van der Waals surface area contributed by atoms with E-state index in [1.807, 2.05) is 0 Å². The van der Waals surface area contributed by atoms with Gasteiger partial charge in [-0.05, 0) is 42.2 Å². The normalized spacial score (nSPS) is 14.1. The van der Waals surface area contributed by atoms with Crippen molar-refractivity contribution < 1.29 is 18.0 Å². The molecule has 3 rings (SSSR count). The Bertz CT molecular complexity index is 1170. The zero-order valence-corrected chi connectivity index (χ0v) is 21.1. The van der Waals surface area contributed by atoms with Gasteiger partial charge in [0, 0.05) is 30.2 Å². The minimum absolute atomic E-state index is 0. The van der Waals surface area contributed by atoms with Crippen LogP contribution in [0.1, 0.15) is 36.5 Å². The molecule has 184 valence electrons. The molecule has 1 aliphatic heterocycles. The van der Waals surface area contributed by atoms with Crippen LogP contribution in [0.25, 0.3) is 0 Å². The number of carbonyl (C=O) groups is 2. The van der Waals surface area contributed by atoms with Gasteiger partial charge >= 0.3 is 0 Å². The lowest BCUT2D eigenvalue weighted by molar-refractivity contribution is -0.131. The Morgan fingerprint density at radius 3 is 2.53 bits per heavy atom. The molecule has 1 heterocycles. The maximum absolute atomic E-state index is 12.9. The smallest absolute Gasteiger partial charge is 0.265 e. The van der Waals surface area contributed by atoms with Crippen molar-refractivity contribution in [2.45, 2.75) is 38.6 Å². The standard InChI is InChI=1S/C23H27ClN4O4S.ClH/c1-16-9-10-28(27-33(31,32)15-17-5-3-2-4-6-17)23(30)21(16)12-22(29)26-14-19-11-20(24)8-7-18(19)13-25;/h2-8,11,27H,9-10,12-15,25H2,1H3,(H,26,29);1H. The monoisotopic (exact) mass is 526 g/mol. The summed E-state index contributed by atoms with van der Waals surface area (Å²) in [6.07, 6.45) is 0.313. The van der Waals surface area contributed by atoms with Gasteiger partial charge < -0.3 is 11.1 Å². The summed E-state index contributed by atoms with van der Waals surface area (Å²) in [4.78, 5) is 27.9. The van der Waals surface area contributed by atoms with E-state index in [0.717, 1.165) is 21.7 Å². The Balaban J connectivity index is 0.00000408. The van der Waals surface area contributed by atoms with Crippen molar-refractivity contribution in [3.63, 3.8) is 0 Å². The molecule has 0 fully saturated rings. The first-order chi connectivity index (χ1) is 15.7. The summed E-state index contributed by atoms with van der Waals surface area (Å²) in [7, 11) is -3.79. The number of amides is 2. The summed E-state index contributed by atoms with van der Waals surface area (Å²) < 4.78 is 25.1. The van der Waals surface area contributed by atoms with Gasteiger partial charge in [0.15, 0.2) is 0 Å². The lowest BCUT2D eigenvalue weighted by atomic mass is 9.98. The van der Waals surface area contributed by atoms with E-state index in [4.69, 9.17) is 17.3 Å². The predicted octanol–water partition coefficient (Wildman–Crippen LogP) is 2.81. The Kier molecular flexibility index (Phi) is 10.1. The average molecular weight is 527 g/mol. The fraction of sp³-hybridized carbons (Fsp3) is 0.304. The first-order valence-corrected chi connectivity index (χ1v) is 12.5. The number of benzene rings is 2. The summed E-state index contributed by atoms with van der Waals surface area (Å²) in [5, 5.41) is 4.39. The van der Waals surface area contributed by atoms with E-state index in [2.05, 4.69) is 10.1 Å². The van der Waals surface area contributed by atoms with Crippen molar-refractivity contribution in [1.82, 2.24) is 15.2 Å². The van der Waals surface area contributed by atoms with Crippen LogP contribution < -0.4 is 15.9 Å². The van der Waals surface area contributed by atoms with E-state index < -0.39 is 15.9 Å². The molecule has 2 aromatic carbocycles. The highest BCUT2D eigenvalue weighted by Gasteiger charge is 2.29. The zero-order chi connectivity index (χ0) is 24.0. The van der Waals surface area contributed by atoms with Gasteiger partial charge in [0.05, 0.1) is 12.2 Å². The van der Waals surface area contributed by atoms with E-state index in [-0.39, 0.29) is 49.2 Å². The van der Waals surface area contributed by atoms with Crippen molar-refractivity contribution in [2.75, 3.05) is 6.54 Å². The molecule has 0 saturated heterocycles. The van der Waals surface area contributed by atoms with E-state index in [1.54, 1.807) is 55.5 Å². The van der Waals surface area contributed by atoms with E-state index >= 15 is 0 Å². The maximum Gasteiger partial charge on any atom is 0.265 e. The summed E-state index contributed by atoms with van der Waals surface area (Å²) in [6, 6.07) is 14.0. The average Bonchev–Trinajstić information content (AvgIpc) is 2.77. The fourth-order valence-electron chi connectivity index (χ4n) is 3.56. The van der Waals surface area contributed by atoms with E-state index in [1.165, 1.54) is 0 Å². The molecule has 0 atom stereocenters. The summed E-state index contributed by atoms with van der Waals surface area (Å²) in [5.74, 6) is -1.12. The minimum Gasteiger partial charge on any atom is -0.352 e. The van der Waals surface area contributed by atoms with Crippen LogP contribution in [0, 0.1) is 0 Å². The molecule has 1 aliphatic rings. The largest absolute Gasteiger partial charge is 0.352 e. The van der Waals surface area contributed by atoms with Gasteiger partial charge in [0.1, 0.15) is 0 Å². The molecule has 0 saturated carbocycles. The van der Waals surface area contributed by atoms with Crippen molar-refractivity contribution in [1.29, 1.82) is 0 Å². The van der Waals surface area contributed by atoms with Crippen molar-refractivity contribution in [3.05, 3.63) is 81.4 Å². The molecule has 8 nitrogen and oxygen atoms in total. The van der Waals surface area contributed by atoms with Crippen LogP contribution in [-0.4, -0.2) is 31.8 Å². The van der Waals surface area contributed by atoms with Gasteiger partial charge in [-0.1, -0.05) is 53.6 Å². The third-order valence-corrected chi connectivity index (χ3v) is 6.83. The van der Waals surface area contributed by atoms with Crippen molar-refractivity contribution in [3.8, 4) is 0 Å². The number of rotatable bonds is 9. The molecule has 2 amide bonds. The number of hydrogen-bond acceptors (Lipinski definition) is 5. The number of carbonyl (C=O) groups excluding carboxylic acids is 2. The maximum atomic E-state index is 12.9. The predicted molar refractivity (Wildman–Crippen MR) is 134 cm³/mol. The number of nitrogens with zero attached hydrogens (tertiary/aromatic N) is 1. The van der Waals surface area contributed by atoms with Crippen LogP contribution in [-0.2, 0) is 38.5 Å². The molecule has 0 unspecified atom stereocenters. The second-order valence-electron chi connectivity index (χ2n) is 7.87. The molecular weight excluding hydrogens is 499 g/mol. The van der Waals surface area contributed by atoms with Crippen LogP contribution in [0.3, 0.4) is 0 Å². The topological polar surface area (TPSA) is 122 Å². The first kappa shape index (κ1) is 27.8. The molecule has 0 radical (unpaired) electrons. The van der Waals surface area contributed by atoms with Crippen LogP contribution in [0.15, 0.2) is 59.7 Å². The Labute approximate surface area is 211 Å². The van der Waals surface area contributed by atoms with Gasteiger partial charge in [-0.25, -0.2) is 8.42 Å². The lowest BCUT2D eigenvalue weighted by Gasteiger charge is -2.29. The summed E-state index contributed by atoms with van der Waals surface area (Å²) in [5.41, 5.74) is 9.06. The molecule has 0 aliphatic carbocycles. The highest BCUT2D eigenvalue weighted by atomic mass is 35.5. The molecule has 4 N–H and O–H groups in total. The number of nitrogens with two attached hydrogens (primary N) is 1. The quantitative estimate of drug-likeness (QED) is 0.463. The molecule has 0 spiro atoms. The molecule has 0 bridgehead atoms. The first-order valence-electron chi connectivity index (χ1n) is 10.5. The molecule has 11 heteroatoms. The van der Waals surface area contributed by atoms with Gasteiger partial charge in [-0.2, -0.15) is 0 Å². The number of hydrogen-bond donors (Lipinski definition) is 3. The van der Waals surface area contributed by atoms with E-state index in [0.29, 0.717) is 23.6 Å². The molecule has 2 aromatic rings. The van der Waals surface area contributed by atoms with Gasteiger partial charge in [0.2, 0.25) is 15.9 Å². The Morgan fingerprint density at radius 1 is 1.15 bits per heavy atom. The van der Waals surface area contributed by atoms with Gasteiger partial charge in [-0.15, -0.1) is 17.2 Å². The van der Waals surface area contributed by atoms with Crippen molar-refractivity contribution >= 4 is 45.8 Å². The molecule has 0 aromatic heterocycles. The third-order valence-electron chi connectivity index (χ3n) is 5.38. The van der Waals surface area contributed by atoms with E-state index in [9.17, 15) is 18.0 Å². The molecule has 34 heavy (non-hydrogen) atoms. The molecular formula is C23H28Cl2N4O4S. The lowest BCUT2D eigenvalue weighted by Crippen LogP contribution is -2.49. The van der Waals surface area contributed by atoms with Crippen molar-refractivity contribution in [2.24, 2.45) is 5.73 Å². The Morgan fingerprint density at radius 2 is 1.85 bits per heavy atom. The number of nitrogens with one attached hydrogen (secondary N) is 2. The summed E-state index contributed by atoms with van der Waals surface area (Å²) >= 11 is 6.04. The van der Waals surface area contributed by atoms with Crippen LogP contribution in [0.5, 0.6) is 0 Å². The van der Waals surface area contributed by atoms with Crippen LogP contribution in [0.4, 0.5) is 0 Å². The van der Waals surface area contributed by atoms with Gasteiger partial charge in [0.25, 0.3) is 5.91 Å². The third kappa shape index (κ3) is 7.54.